The molecule has 3 heterocycles. The van der Waals surface area contributed by atoms with E-state index in [1.165, 1.54) is 20.5 Å². The maximum Gasteiger partial charge on any atom is 0.332 e. The number of aromatic nitrogens is 2. The number of amides is 2. The van der Waals surface area contributed by atoms with Gasteiger partial charge in [0.05, 0.1) is 5.52 Å². The highest BCUT2D eigenvalue weighted by Gasteiger charge is 2.28. The fourth-order valence-corrected chi connectivity index (χ4v) is 6.24. The van der Waals surface area contributed by atoms with Gasteiger partial charge >= 0.3 is 5.69 Å². The van der Waals surface area contributed by atoms with Gasteiger partial charge in [0.15, 0.2) is 0 Å². The minimum Gasteiger partial charge on any atom is -0.356 e. The Morgan fingerprint density at radius 3 is 2.56 bits per heavy atom. The van der Waals surface area contributed by atoms with Gasteiger partial charge in [-0.25, -0.2) is 4.79 Å². The van der Waals surface area contributed by atoms with Crippen molar-refractivity contribution in [2.24, 2.45) is 11.8 Å². The molecular formula is C25H36N4O4S. The first-order chi connectivity index (χ1) is 16.4. The van der Waals surface area contributed by atoms with Gasteiger partial charge in [-0.1, -0.05) is 6.92 Å². The zero-order chi connectivity index (χ0) is 24.2. The van der Waals surface area contributed by atoms with E-state index in [-0.39, 0.29) is 41.8 Å². The molecule has 4 rings (SSSR count). The lowest BCUT2D eigenvalue weighted by Gasteiger charge is -2.33. The number of fused-ring (bicyclic) bond motifs is 1. The summed E-state index contributed by atoms with van der Waals surface area (Å²) in [6.07, 6.45) is 7.16. The van der Waals surface area contributed by atoms with Crippen molar-refractivity contribution in [3.8, 4) is 0 Å². The fraction of sp³-hybridized carbons (Fsp3) is 0.680. The number of thiophene rings is 1. The first kappa shape index (κ1) is 24.7. The molecule has 2 aliphatic rings. The number of likely N-dealkylation sites (tertiary alicyclic amines) is 1. The normalized spacial score (nSPS) is 23.2. The highest BCUT2D eigenvalue weighted by molar-refractivity contribution is 7.17. The van der Waals surface area contributed by atoms with Gasteiger partial charge < -0.3 is 10.2 Å². The van der Waals surface area contributed by atoms with Crippen LogP contribution in [-0.2, 0) is 22.7 Å². The summed E-state index contributed by atoms with van der Waals surface area (Å²) in [4.78, 5) is 53.9. The quantitative estimate of drug-likeness (QED) is 0.648. The summed E-state index contributed by atoms with van der Waals surface area (Å²) in [6.45, 7) is 5.80. The fourth-order valence-electron chi connectivity index (χ4n) is 5.40. The van der Waals surface area contributed by atoms with Crippen molar-refractivity contribution in [1.29, 1.82) is 0 Å². The Hall–Kier alpha value is -2.42. The molecule has 1 N–H and O–H groups in total. The molecule has 1 saturated heterocycles. The van der Waals surface area contributed by atoms with Crippen molar-refractivity contribution in [2.45, 2.75) is 84.3 Å². The maximum absolute atomic E-state index is 13.5. The molecule has 2 aromatic heterocycles. The third-order valence-electron chi connectivity index (χ3n) is 7.46. The number of hydrogen-bond acceptors (Lipinski definition) is 5. The SMILES string of the molecule is CCCNC(=O)C1CCC(Cn2c(=O)c3sccc3n(CC(=O)N3CCCC[C@@H]3C)c2=O)CC1. The van der Waals surface area contributed by atoms with Crippen LogP contribution >= 0.6 is 11.3 Å². The second kappa shape index (κ2) is 10.9. The number of nitrogens with zero attached hydrogens (tertiary/aromatic N) is 3. The number of hydrogen-bond donors (Lipinski definition) is 1. The van der Waals surface area contributed by atoms with Crippen molar-refractivity contribution < 1.29 is 9.59 Å². The lowest BCUT2D eigenvalue weighted by molar-refractivity contribution is -0.135. The molecule has 8 nitrogen and oxygen atoms in total. The van der Waals surface area contributed by atoms with Gasteiger partial charge in [0, 0.05) is 31.6 Å². The number of rotatable bonds is 7. The summed E-state index contributed by atoms with van der Waals surface area (Å²) in [6, 6.07) is 1.94. The van der Waals surface area contributed by atoms with Crippen LogP contribution in [-0.4, -0.2) is 45.0 Å². The van der Waals surface area contributed by atoms with E-state index in [0.717, 1.165) is 57.9 Å². The summed E-state index contributed by atoms with van der Waals surface area (Å²) in [7, 11) is 0. The largest absolute Gasteiger partial charge is 0.356 e. The van der Waals surface area contributed by atoms with Crippen LogP contribution in [0, 0.1) is 11.8 Å². The van der Waals surface area contributed by atoms with Crippen LogP contribution in [0.25, 0.3) is 10.2 Å². The zero-order valence-electron chi connectivity index (χ0n) is 20.3. The molecule has 0 aromatic carbocycles. The van der Waals surface area contributed by atoms with Crippen molar-refractivity contribution in [3.05, 3.63) is 32.3 Å². The number of nitrogens with one attached hydrogen (secondary N) is 1. The van der Waals surface area contributed by atoms with E-state index >= 15 is 0 Å². The third-order valence-corrected chi connectivity index (χ3v) is 8.35. The molecule has 1 aliphatic heterocycles. The van der Waals surface area contributed by atoms with E-state index in [4.69, 9.17) is 0 Å². The summed E-state index contributed by atoms with van der Waals surface area (Å²) in [5.74, 6) is 0.236. The maximum atomic E-state index is 13.5. The Labute approximate surface area is 203 Å². The minimum atomic E-state index is -0.406. The lowest BCUT2D eigenvalue weighted by Crippen LogP contribution is -2.47. The van der Waals surface area contributed by atoms with E-state index < -0.39 is 5.69 Å². The Morgan fingerprint density at radius 1 is 1.09 bits per heavy atom. The Morgan fingerprint density at radius 2 is 1.85 bits per heavy atom. The average molecular weight is 489 g/mol. The molecule has 2 fully saturated rings. The van der Waals surface area contributed by atoms with Crippen molar-refractivity contribution in [1.82, 2.24) is 19.4 Å². The second-order valence-electron chi connectivity index (χ2n) is 9.86. The zero-order valence-corrected chi connectivity index (χ0v) is 21.1. The lowest BCUT2D eigenvalue weighted by atomic mass is 9.81. The highest BCUT2D eigenvalue weighted by Crippen LogP contribution is 2.30. The molecule has 2 amide bonds. The van der Waals surface area contributed by atoms with E-state index in [1.54, 1.807) is 11.4 Å². The topological polar surface area (TPSA) is 93.4 Å². The number of carbonyl (C=O) groups is 2. The molecule has 9 heteroatoms. The molecule has 0 radical (unpaired) electrons. The van der Waals surface area contributed by atoms with Gasteiger partial charge in [-0.3, -0.25) is 23.5 Å². The van der Waals surface area contributed by atoms with Gasteiger partial charge in [-0.2, -0.15) is 0 Å². The van der Waals surface area contributed by atoms with Crippen LogP contribution in [0.3, 0.4) is 0 Å². The second-order valence-corrected chi connectivity index (χ2v) is 10.8. The van der Waals surface area contributed by atoms with Crippen molar-refractivity contribution >= 4 is 33.4 Å². The molecular weight excluding hydrogens is 452 g/mol. The van der Waals surface area contributed by atoms with Crippen LogP contribution in [0.5, 0.6) is 0 Å². The van der Waals surface area contributed by atoms with Crippen LogP contribution in [0.4, 0.5) is 0 Å². The van der Waals surface area contributed by atoms with Gasteiger partial charge in [0.1, 0.15) is 11.2 Å². The summed E-state index contributed by atoms with van der Waals surface area (Å²) in [5, 5.41) is 4.78. The average Bonchev–Trinajstić information content (AvgIpc) is 3.33. The van der Waals surface area contributed by atoms with E-state index in [9.17, 15) is 19.2 Å². The van der Waals surface area contributed by atoms with E-state index in [1.807, 2.05) is 11.8 Å². The third kappa shape index (κ3) is 5.14. The summed E-state index contributed by atoms with van der Waals surface area (Å²) >= 11 is 1.32. The molecule has 2 aromatic rings. The molecule has 1 atom stereocenters. The first-order valence-electron chi connectivity index (χ1n) is 12.7. The molecule has 186 valence electrons. The van der Waals surface area contributed by atoms with Crippen LogP contribution < -0.4 is 16.6 Å². The standard InChI is InChI=1S/C25H36N4O4S/c1-3-12-26-23(31)19-9-7-18(8-10-19)15-29-24(32)22-20(11-14-34-22)28(25(29)33)16-21(30)27-13-5-4-6-17(27)2/h11,14,17-19H,3-10,12-13,15-16H2,1-2H3,(H,26,31)/t17-,18?,19?/m0/s1. The molecule has 0 spiro atoms. The number of piperidine rings is 1. The van der Waals surface area contributed by atoms with E-state index in [2.05, 4.69) is 12.2 Å². The van der Waals surface area contributed by atoms with Crippen molar-refractivity contribution in [2.75, 3.05) is 13.1 Å². The van der Waals surface area contributed by atoms with Crippen LogP contribution in [0.1, 0.15) is 65.2 Å². The Bertz CT molecular complexity index is 1140. The van der Waals surface area contributed by atoms with Gasteiger partial charge in [0.2, 0.25) is 11.8 Å². The van der Waals surface area contributed by atoms with E-state index in [0.29, 0.717) is 23.3 Å². The smallest absolute Gasteiger partial charge is 0.332 e. The molecule has 0 unspecified atom stereocenters. The first-order valence-corrected chi connectivity index (χ1v) is 13.6. The summed E-state index contributed by atoms with van der Waals surface area (Å²) in [5.41, 5.74) is -0.129. The minimum absolute atomic E-state index is 0.0140. The Kier molecular flexibility index (Phi) is 7.91. The predicted octanol–water partition coefficient (Wildman–Crippen LogP) is 2.96. The predicted molar refractivity (Wildman–Crippen MR) is 134 cm³/mol. The Balaban J connectivity index is 1.53. The monoisotopic (exact) mass is 488 g/mol. The van der Waals surface area contributed by atoms with Crippen molar-refractivity contribution in [3.63, 3.8) is 0 Å². The van der Waals surface area contributed by atoms with Crippen LogP contribution in [0.15, 0.2) is 21.0 Å². The van der Waals surface area contributed by atoms with Gasteiger partial charge in [-0.15, -0.1) is 11.3 Å². The molecule has 1 saturated carbocycles. The molecule has 0 bridgehead atoms. The van der Waals surface area contributed by atoms with Gasteiger partial charge in [-0.05, 0) is 75.7 Å². The molecule has 34 heavy (non-hydrogen) atoms. The highest BCUT2D eigenvalue weighted by atomic mass is 32.1. The number of carbonyl (C=O) groups excluding carboxylic acids is 2. The molecule has 1 aliphatic carbocycles. The van der Waals surface area contributed by atoms with Crippen LogP contribution in [0.2, 0.25) is 0 Å². The van der Waals surface area contributed by atoms with Gasteiger partial charge in [0.25, 0.3) is 5.56 Å². The summed E-state index contributed by atoms with van der Waals surface area (Å²) < 4.78 is 3.33.